The third-order valence-corrected chi connectivity index (χ3v) is 4.22. The highest BCUT2D eigenvalue weighted by atomic mass is 16.5. The van der Waals surface area contributed by atoms with E-state index in [9.17, 15) is 10.1 Å². The predicted molar refractivity (Wildman–Crippen MR) is 96.7 cm³/mol. The van der Waals surface area contributed by atoms with Gasteiger partial charge in [-0.3, -0.25) is 4.79 Å². The summed E-state index contributed by atoms with van der Waals surface area (Å²) in [5.74, 6) is -1.17. The third-order valence-electron chi connectivity index (χ3n) is 4.22. The Morgan fingerprint density at radius 2 is 1.92 bits per heavy atom. The van der Waals surface area contributed by atoms with E-state index in [1.54, 1.807) is 6.92 Å². The van der Waals surface area contributed by atoms with Gasteiger partial charge in [0.25, 0.3) is 0 Å². The van der Waals surface area contributed by atoms with Crippen LogP contribution < -0.4 is 4.90 Å². The predicted octanol–water partition coefficient (Wildman–Crippen LogP) is 2.41. The van der Waals surface area contributed by atoms with Crippen LogP contribution in [-0.2, 0) is 14.3 Å². The van der Waals surface area contributed by atoms with Gasteiger partial charge in [0.05, 0.1) is 35.9 Å². The molecule has 7 nitrogen and oxygen atoms in total. The summed E-state index contributed by atoms with van der Waals surface area (Å²) in [5, 5.41) is 9.61. The second-order valence-electron chi connectivity index (χ2n) is 6.40. The number of hydrogen-bond donors (Lipinski definition) is 0. The van der Waals surface area contributed by atoms with Gasteiger partial charge in [-0.1, -0.05) is 12.1 Å². The second kappa shape index (κ2) is 7.67. The third kappa shape index (κ3) is 3.60. The number of ether oxygens (including phenoxy) is 2. The first-order valence-corrected chi connectivity index (χ1v) is 8.76. The maximum absolute atomic E-state index is 12.3. The number of anilines is 1. The molecule has 0 saturated carbocycles. The molecule has 3 rings (SSSR count). The van der Waals surface area contributed by atoms with Crippen LogP contribution in [0.5, 0.6) is 0 Å². The molecule has 1 aliphatic heterocycles. The van der Waals surface area contributed by atoms with Crippen molar-refractivity contribution in [2.24, 2.45) is 0 Å². The molecular formula is C19H22N4O3. The zero-order valence-electron chi connectivity index (χ0n) is 15.2. The minimum Gasteiger partial charge on any atom is -0.465 e. The monoisotopic (exact) mass is 354 g/mol. The van der Waals surface area contributed by atoms with Crippen LogP contribution in [0.3, 0.4) is 0 Å². The van der Waals surface area contributed by atoms with E-state index in [4.69, 9.17) is 14.5 Å². The van der Waals surface area contributed by atoms with Crippen molar-refractivity contribution >= 4 is 22.8 Å². The molecule has 1 aliphatic rings. The number of rotatable bonds is 4. The van der Waals surface area contributed by atoms with E-state index < -0.39 is 11.9 Å². The molecule has 0 aliphatic carbocycles. The quantitative estimate of drug-likeness (QED) is 0.779. The van der Waals surface area contributed by atoms with Crippen molar-refractivity contribution in [2.75, 3.05) is 24.6 Å². The van der Waals surface area contributed by atoms with E-state index in [1.165, 1.54) is 0 Å². The number of esters is 1. The number of nitrogens with zero attached hydrogens (tertiary/aromatic N) is 4. The van der Waals surface area contributed by atoms with Crippen molar-refractivity contribution in [3.63, 3.8) is 0 Å². The number of aromatic nitrogens is 2. The van der Waals surface area contributed by atoms with Crippen molar-refractivity contribution in [3.05, 3.63) is 30.0 Å². The highest BCUT2D eigenvalue weighted by Crippen LogP contribution is 2.29. The van der Waals surface area contributed by atoms with Crippen molar-refractivity contribution in [2.45, 2.75) is 38.9 Å². The summed E-state index contributed by atoms with van der Waals surface area (Å²) in [4.78, 5) is 23.7. The van der Waals surface area contributed by atoms with Crippen molar-refractivity contribution < 1.29 is 14.3 Å². The van der Waals surface area contributed by atoms with Gasteiger partial charge in [-0.15, -0.1) is 0 Å². The summed E-state index contributed by atoms with van der Waals surface area (Å²) in [5.41, 5.74) is 1.70. The topological polar surface area (TPSA) is 88.3 Å². The Bertz CT molecular complexity index is 838. The number of fused-ring (bicyclic) bond motifs is 1. The van der Waals surface area contributed by atoms with Gasteiger partial charge < -0.3 is 14.4 Å². The standard InChI is InChI=1S/C19H22N4O3/c1-4-25-19(24)14(9-20)17-18(23-10-12(2)26-13(3)11-23)22-16-8-6-5-7-15(16)21-17/h5-8,12-14H,4,10-11H2,1-3H3/t12-,13+,14-/m0/s1. The fraction of sp³-hybridized carbons (Fsp3) is 0.474. The summed E-state index contributed by atoms with van der Waals surface area (Å²) in [6.45, 7) is 7.13. The van der Waals surface area contributed by atoms with Crippen LogP contribution in [0.4, 0.5) is 5.82 Å². The molecule has 0 N–H and O–H groups in total. The van der Waals surface area contributed by atoms with Crippen LogP contribution in [-0.4, -0.2) is 47.8 Å². The van der Waals surface area contributed by atoms with Gasteiger partial charge in [0.1, 0.15) is 5.69 Å². The molecule has 136 valence electrons. The molecule has 3 atom stereocenters. The number of benzene rings is 1. The molecule has 0 radical (unpaired) electrons. The lowest BCUT2D eigenvalue weighted by atomic mass is 10.1. The Kier molecular flexibility index (Phi) is 5.33. The van der Waals surface area contributed by atoms with Gasteiger partial charge in [-0.2, -0.15) is 5.26 Å². The molecule has 0 bridgehead atoms. The van der Waals surface area contributed by atoms with Gasteiger partial charge in [0.2, 0.25) is 0 Å². The summed E-state index contributed by atoms with van der Waals surface area (Å²) in [6.07, 6.45) is 0.0333. The van der Waals surface area contributed by atoms with Crippen LogP contribution >= 0.6 is 0 Å². The van der Waals surface area contributed by atoms with E-state index >= 15 is 0 Å². The van der Waals surface area contributed by atoms with Crippen molar-refractivity contribution in [1.82, 2.24) is 9.97 Å². The van der Waals surface area contributed by atoms with Crippen LogP contribution in [0.25, 0.3) is 11.0 Å². The first-order chi connectivity index (χ1) is 12.5. The molecule has 1 fully saturated rings. The van der Waals surface area contributed by atoms with E-state index in [0.29, 0.717) is 30.1 Å². The molecule has 0 spiro atoms. The Hall–Kier alpha value is -2.72. The fourth-order valence-electron chi connectivity index (χ4n) is 3.23. The maximum atomic E-state index is 12.3. The summed E-state index contributed by atoms with van der Waals surface area (Å²) in [7, 11) is 0. The second-order valence-corrected chi connectivity index (χ2v) is 6.40. The number of carbonyl (C=O) groups is 1. The largest absolute Gasteiger partial charge is 0.465 e. The number of hydrogen-bond acceptors (Lipinski definition) is 7. The summed E-state index contributed by atoms with van der Waals surface area (Å²) < 4.78 is 10.9. The molecule has 0 amide bonds. The Labute approximate surface area is 152 Å². The van der Waals surface area contributed by atoms with E-state index in [2.05, 4.69) is 4.98 Å². The summed E-state index contributed by atoms with van der Waals surface area (Å²) in [6, 6.07) is 9.46. The molecule has 26 heavy (non-hydrogen) atoms. The lowest BCUT2D eigenvalue weighted by molar-refractivity contribution is -0.143. The number of carbonyl (C=O) groups excluding carboxylic acids is 1. The van der Waals surface area contributed by atoms with E-state index in [1.807, 2.05) is 49.1 Å². The molecule has 1 aromatic heterocycles. The van der Waals surface area contributed by atoms with Gasteiger partial charge in [0, 0.05) is 13.1 Å². The Morgan fingerprint density at radius 3 is 2.50 bits per heavy atom. The highest BCUT2D eigenvalue weighted by Gasteiger charge is 2.32. The molecule has 1 saturated heterocycles. The van der Waals surface area contributed by atoms with Crippen molar-refractivity contribution in [1.29, 1.82) is 5.26 Å². The zero-order chi connectivity index (χ0) is 18.7. The lowest BCUT2D eigenvalue weighted by Gasteiger charge is -2.37. The van der Waals surface area contributed by atoms with E-state index in [-0.39, 0.29) is 18.8 Å². The Morgan fingerprint density at radius 1 is 1.31 bits per heavy atom. The molecule has 0 unspecified atom stereocenters. The highest BCUT2D eigenvalue weighted by molar-refractivity contribution is 5.85. The normalized spacial score (nSPS) is 21.2. The Balaban J connectivity index is 2.13. The van der Waals surface area contributed by atoms with Crippen LogP contribution in [0.1, 0.15) is 32.4 Å². The van der Waals surface area contributed by atoms with Gasteiger partial charge in [-0.05, 0) is 32.9 Å². The fourth-order valence-corrected chi connectivity index (χ4v) is 3.23. The first-order valence-electron chi connectivity index (χ1n) is 8.76. The van der Waals surface area contributed by atoms with Gasteiger partial charge in [-0.25, -0.2) is 9.97 Å². The maximum Gasteiger partial charge on any atom is 0.329 e. The molecule has 2 heterocycles. The lowest BCUT2D eigenvalue weighted by Crippen LogP contribution is -2.46. The molecular weight excluding hydrogens is 332 g/mol. The van der Waals surface area contributed by atoms with Crippen molar-refractivity contribution in [3.8, 4) is 6.07 Å². The number of para-hydroxylation sites is 2. The molecule has 1 aromatic carbocycles. The minimum absolute atomic E-state index is 0.0167. The smallest absolute Gasteiger partial charge is 0.329 e. The minimum atomic E-state index is -1.12. The zero-order valence-corrected chi connectivity index (χ0v) is 15.2. The number of nitriles is 1. The van der Waals surface area contributed by atoms with Gasteiger partial charge >= 0.3 is 5.97 Å². The van der Waals surface area contributed by atoms with Gasteiger partial charge in [0.15, 0.2) is 11.7 Å². The summed E-state index contributed by atoms with van der Waals surface area (Å²) >= 11 is 0. The molecule has 7 heteroatoms. The molecule has 2 aromatic rings. The first kappa shape index (κ1) is 18.1. The van der Waals surface area contributed by atoms with E-state index in [0.717, 1.165) is 5.52 Å². The van der Waals surface area contributed by atoms with Crippen LogP contribution in [0.15, 0.2) is 24.3 Å². The average molecular weight is 354 g/mol. The van der Waals surface area contributed by atoms with Crippen LogP contribution in [0.2, 0.25) is 0 Å². The van der Waals surface area contributed by atoms with Crippen LogP contribution in [0, 0.1) is 11.3 Å². The average Bonchev–Trinajstić information content (AvgIpc) is 2.61. The number of morpholine rings is 1. The SMILES string of the molecule is CCOC(=O)[C@@H](C#N)c1nc2ccccc2nc1N1C[C@@H](C)O[C@@H](C)C1.